The summed E-state index contributed by atoms with van der Waals surface area (Å²) in [6.07, 6.45) is -5.31. The van der Waals surface area contributed by atoms with Crippen LogP contribution in [0.4, 0.5) is 0 Å². The third-order valence-electron chi connectivity index (χ3n) is 2.53. The van der Waals surface area contributed by atoms with Gasteiger partial charge in [-0.05, 0) is 0 Å². The fourth-order valence-electron chi connectivity index (χ4n) is 1.38. The average molecular weight is 424 g/mol. The van der Waals surface area contributed by atoms with Gasteiger partial charge >= 0.3 is 85.6 Å². The van der Waals surface area contributed by atoms with Crippen LogP contribution in [0.2, 0.25) is 0 Å². The molecule has 0 aromatic heterocycles. The van der Waals surface area contributed by atoms with Gasteiger partial charge in [-0.25, -0.2) is 4.79 Å². The van der Waals surface area contributed by atoms with Crippen LogP contribution in [0.25, 0.3) is 0 Å². The van der Waals surface area contributed by atoms with Crippen molar-refractivity contribution in [2.24, 2.45) is 0 Å². The van der Waals surface area contributed by atoms with E-state index in [0.29, 0.717) is 0 Å². The van der Waals surface area contributed by atoms with Gasteiger partial charge in [0, 0.05) is 49.6 Å². The van der Waals surface area contributed by atoms with Gasteiger partial charge < -0.3 is 64.8 Å². The molecule has 0 spiro atoms. The summed E-state index contributed by atoms with van der Waals surface area (Å²) in [5, 5.41) is 76.1. The first-order valence-corrected chi connectivity index (χ1v) is 6.24. The van der Waals surface area contributed by atoms with E-state index in [-0.39, 0.29) is 79.6 Å². The number of aliphatic hydroxyl groups is 2. The molecule has 148 valence electrons. The van der Waals surface area contributed by atoms with Crippen molar-refractivity contribution in [1.29, 1.82) is 0 Å². The van der Waals surface area contributed by atoms with E-state index < -0.39 is 72.7 Å². The molecule has 0 saturated carbocycles. The van der Waals surface area contributed by atoms with E-state index >= 15 is 0 Å². The van der Waals surface area contributed by atoms with Crippen LogP contribution in [0, 0.1) is 0 Å². The standard InChI is InChI=1S/2C6H8O7.3Li.Mg/c2*7-3(8)1-6(13,5(11)12)2-4(9)10;;;;/h2*13H,1-2H2,(H,7,8)(H,9,10)(H,11,12);;;;/q;;3*+1;+2/p-5. The summed E-state index contributed by atoms with van der Waals surface area (Å²) in [5.41, 5.74) is -5.84. The van der Waals surface area contributed by atoms with Crippen molar-refractivity contribution < 1.29 is 126 Å². The molecule has 0 fully saturated rings. The predicted molar refractivity (Wildman–Crippen MR) is 66.8 cm³/mol. The molecule has 14 nitrogen and oxygen atoms in total. The van der Waals surface area contributed by atoms with Crippen molar-refractivity contribution in [2.45, 2.75) is 36.9 Å². The number of hydrogen-bond donors (Lipinski definition) is 3. The Hall–Kier alpha value is -0.702. The largest absolute Gasteiger partial charge is 2.00 e. The zero-order chi connectivity index (χ0) is 21.3. The third-order valence-corrected chi connectivity index (χ3v) is 2.53. The van der Waals surface area contributed by atoms with Crippen LogP contribution in [0.1, 0.15) is 25.7 Å². The second-order valence-electron chi connectivity index (χ2n) is 4.85. The average Bonchev–Trinajstić information content (AvgIpc) is 2.34. The second-order valence-corrected chi connectivity index (χ2v) is 4.85. The number of rotatable bonds is 10. The Kier molecular flexibility index (Phi) is 27.4. The first-order valence-electron chi connectivity index (χ1n) is 6.24. The van der Waals surface area contributed by atoms with Gasteiger partial charge in [0.1, 0.15) is 5.60 Å². The van der Waals surface area contributed by atoms with Crippen molar-refractivity contribution in [3.8, 4) is 0 Å². The molecular weight excluding hydrogens is 413 g/mol. The Labute approximate surface area is 220 Å². The molecule has 18 heteroatoms. The summed E-state index contributed by atoms with van der Waals surface area (Å²) >= 11 is 0. The second kappa shape index (κ2) is 19.0. The zero-order valence-corrected chi connectivity index (χ0v) is 17.8. The van der Waals surface area contributed by atoms with Crippen LogP contribution in [-0.4, -0.2) is 85.4 Å². The number of carbonyl (C=O) groups is 6. The summed E-state index contributed by atoms with van der Waals surface area (Å²) in [6, 6.07) is 0. The molecule has 0 aliphatic rings. The molecule has 0 aromatic rings. The number of aliphatic carboxylic acids is 6. The molecule has 0 heterocycles. The fourth-order valence-corrected chi connectivity index (χ4v) is 1.38. The van der Waals surface area contributed by atoms with Crippen LogP contribution in [0.3, 0.4) is 0 Å². The smallest absolute Gasteiger partial charge is 0.550 e. The Morgan fingerprint density at radius 3 is 0.900 bits per heavy atom. The summed E-state index contributed by atoms with van der Waals surface area (Å²) in [5.74, 6) is -11.6. The zero-order valence-electron chi connectivity index (χ0n) is 16.4. The maximum Gasteiger partial charge on any atom is 2.00 e. The minimum absolute atomic E-state index is 0. The first kappa shape index (κ1) is 43.2. The molecule has 0 radical (unpaired) electrons. The van der Waals surface area contributed by atoms with Gasteiger partial charge in [0.15, 0.2) is 5.60 Å². The van der Waals surface area contributed by atoms with E-state index in [4.69, 9.17) is 15.3 Å². The Bertz CT molecular complexity index is 527. The van der Waals surface area contributed by atoms with E-state index in [1.54, 1.807) is 0 Å². The maximum absolute atomic E-state index is 10.3. The summed E-state index contributed by atoms with van der Waals surface area (Å²) in [6.45, 7) is 0. The van der Waals surface area contributed by atoms with Crippen LogP contribution in [0.5, 0.6) is 0 Å². The molecule has 0 rings (SSSR count). The SMILES string of the molecule is O=C([O-])CC(O)(CC(=O)[O-])C(=O)O.O=C([O-])CC(O)(CC(=O)[O-])C(=O)[O-].[Li+].[Li+].[Li+].[Mg+2]. The van der Waals surface area contributed by atoms with Gasteiger partial charge in [-0.15, -0.1) is 0 Å². The predicted octanol–water partition coefficient (Wildman–Crippen LogP) is -18.5. The first-order chi connectivity index (χ1) is 11.6. The van der Waals surface area contributed by atoms with Crippen LogP contribution >= 0.6 is 0 Å². The summed E-state index contributed by atoms with van der Waals surface area (Å²) < 4.78 is 0. The molecule has 0 aliphatic heterocycles. The Balaban J connectivity index is -0.0000000847. The molecule has 0 unspecified atom stereocenters. The van der Waals surface area contributed by atoms with Crippen molar-refractivity contribution in [1.82, 2.24) is 0 Å². The van der Waals surface area contributed by atoms with Gasteiger partial charge in [-0.3, -0.25) is 0 Å². The normalized spacial score (nSPS) is 9.40. The maximum atomic E-state index is 10.3. The number of carbonyl (C=O) groups excluding carboxylic acids is 5. The van der Waals surface area contributed by atoms with Gasteiger partial charge in [0.05, 0.1) is 5.97 Å². The van der Waals surface area contributed by atoms with Crippen molar-refractivity contribution in [3.63, 3.8) is 0 Å². The molecule has 0 atom stereocenters. The number of hydrogen-bond acceptors (Lipinski definition) is 13. The topological polar surface area (TPSA) is 278 Å². The van der Waals surface area contributed by atoms with Gasteiger partial charge in [-0.2, -0.15) is 0 Å². The molecule has 0 saturated heterocycles. The molecule has 0 amide bonds. The van der Waals surface area contributed by atoms with E-state index in [0.717, 1.165) is 0 Å². The monoisotopic (exact) mass is 424 g/mol. The molecular formula is C12H11Li3MgO14. The van der Waals surface area contributed by atoms with E-state index in [2.05, 4.69) is 0 Å². The quantitative estimate of drug-likeness (QED) is 0.274. The molecule has 30 heavy (non-hydrogen) atoms. The van der Waals surface area contributed by atoms with Crippen molar-refractivity contribution in [3.05, 3.63) is 0 Å². The Morgan fingerprint density at radius 1 is 0.567 bits per heavy atom. The molecule has 0 aliphatic carbocycles. The summed E-state index contributed by atoms with van der Waals surface area (Å²) in [4.78, 5) is 60.2. The number of carboxylic acid groups (broad SMARTS) is 6. The molecule has 0 aromatic carbocycles. The van der Waals surface area contributed by atoms with Crippen LogP contribution in [0.15, 0.2) is 0 Å². The van der Waals surface area contributed by atoms with E-state index in [1.807, 2.05) is 0 Å². The Morgan fingerprint density at radius 2 is 0.767 bits per heavy atom. The molecule has 3 N–H and O–H groups in total. The van der Waals surface area contributed by atoms with Gasteiger partial charge in [0.2, 0.25) is 0 Å². The van der Waals surface area contributed by atoms with Gasteiger partial charge in [-0.1, -0.05) is 0 Å². The van der Waals surface area contributed by atoms with Crippen LogP contribution < -0.4 is 82.1 Å². The van der Waals surface area contributed by atoms with E-state index in [9.17, 15) is 54.3 Å². The minimum atomic E-state index is -2.97. The van der Waals surface area contributed by atoms with Crippen molar-refractivity contribution >= 4 is 58.9 Å². The third kappa shape index (κ3) is 19.3. The van der Waals surface area contributed by atoms with Crippen LogP contribution in [-0.2, 0) is 28.8 Å². The van der Waals surface area contributed by atoms with Crippen molar-refractivity contribution in [2.75, 3.05) is 0 Å². The van der Waals surface area contributed by atoms with E-state index in [1.165, 1.54) is 0 Å². The minimum Gasteiger partial charge on any atom is -0.550 e. The molecule has 0 bridgehead atoms. The van der Waals surface area contributed by atoms with Gasteiger partial charge in [0.25, 0.3) is 0 Å². The summed E-state index contributed by atoms with van der Waals surface area (Å²) in [7, 11) is 0. The number of carboxylic acids is 6. The fraction of sp³-hybridized carbons (Fsp3) is 0.500.